The second-order valence-electron chi connectivity index (χ2n) is 5.17. The molecule has 0 aromatic carbocycles. The fraction of sp³-hybridized carbons (Fsp3) is 0.500. The molecule has 1 saturated heterocycles. The average Bonchev–Trinajstić information content (AvgIpc) is 2.87. The highest BCUT2D eigenvalue weighted by molar-refractivity contribution is 5.47. The summed E-state index contributed by atoms with van der Waals surface area (Å²) in [7, 11) is 1.96. The van der Waals surface area contributed by atoms with Crippen LogP contribution in [0.1, 0.15) is 18.5 Å². The van der Waals surface area contributed by atoms with Crippen LogP contribution >= 0.6 is 0 Å². The number of hydrogen-bond donors (Lipinski definition) is 1. The van der Waals surface area contributed by atoms with Gasteiger partial charge in [0.15, 0.2) is 5.82 Å². The quantitative estimate of drug-likeness (QED) is 0.903. The van der Waals surface area contributed by atoms with Gasteiger partial charge >= 0.3 is 0 Å². The molecule has 19 heavy (non-hydrogen) atoms. The van der Waals surface area contributed by atoms with Crippen molar-refractivity contribution in [2.75, 3.05) is 13.1 Å². The SMILES string of the molecule is Cn1ccnc1-c1cnc(CC2CCCNC2)cn1. The van der Waals surface area contributed by atoms with E-state index in [1.54, 1.807) is 6.20 Å². The summed E-state index contributed by atoms with van der Waals surface area (Å²) in [6, 6.07) is 0. The molecule has 1 unspecified atom stereocenters. The van der Waals surface area contributed by atoms with Gasteiger partial charge in [-0.2, -0.15) is 0 Å². The van der Waals surface area contributed by atoms with Crippen molar-refractivity contribution in [3.63, 3.8) is 0 Å². The van der Waals surface area contributed by atoms with E-state index < -0.39 is 0 Å². The van der Waals surface area contributed by atoms with E-state index in [0.717, 1.165) is 36.7 Å². The first-order valence-electron chi connectivity index (χ1n) is 6.82. The van der Waals surface area contributed by atoms with Crippen molar-refractivity contribution in [1.29, 1.82) is 0 Å². The second kappa shape index (κ2) is 5.48. The molecule has 5 nitrogen and oxygen atoms in total. The van der Waals surface area contributed by atoms with Gasteiger partial charge in [-0.3, -0.25) is 4.98 Å². The highest BCUT2D eigenvalue weighted by atomic mass is 15.1. The van der Waals surface area contributed by atoms with Crippen molar-refractivity contribution in [3.8, 4) is 11.5 Å². The summed E-state index contributed by atoms with van der Waals surface area (Å²) in [6.07, 6.45) is 11.0. The lowest BCUT2D eigenvalue weighted by Crippen LogP contribution is -2.31. The minimum atomic E-state index is 0.696. The zero-order chi connectivity index (χ0) is 13.1. The van der Waals surface area contributed by atoms with Crippen molar-refractivity contribution in [2.45, 2.75) is 19.3 Å². The summed E-state index contributed by atoms with van der Waals surface area (Å²) in [4.78, 5) is 13.3. The van der Waals surface area contributed by atoms with Crippen LogP contribution < -0.4 is 5.32 Å². The molecule has 0 bridgehead atoms. The Bertz CT molecular complexity index is 525. The van der Waals surface area contributed by atoms with Crippen LogP contribution in [0.25, 0.3) is 11.5 Å². The summed E-state index contributed by atoms with van der Waals surface area (Å²) in [5.74, 6) is 1.56. The average molecular weight is 257 g/mol. The lowest BCUT2D eigenvalue weighted by molar-refractivity contribution is 0.373. The molecule has 0 radical (unpaired) electrons. The number of nitrogens with one attached hydrogen (secondary N) is 1. The largest absolute Gasteiger partial charge is 0.333 e. The van der Waals surface area contributed by atoms with Gasteiger partial charge in [0.1, 0.15) is 5.69 Å². The van der Waals surface area contributed by atoms with Crippen LogP contribution in [0.4, 0.5) is 0 Å². The van der Waals surface area contributed by atoms with E-state index in [-0.39, 0.29) is 0 Å². The van der Waals surface area contributed by atoms with E-state index in [1.807, 2.05) is 30.2 Å². The molecule has 0 amide bonds. The van der Waals surface area contributed by atoms with Gasteiger partial charge in [-0.25, -0.2) is 9.97 Å². The Hall–Kier alpha value is -1.75. The van der Waals surface area contributed by atoms with Crippen LogP contribution in [0.2, 0.25) is 0 Å². The topological polar surface area (TPSA) is 55.6 Å². The van der Waals surface area contributed by atoms with Crippen molar-refractivity contribution < 1.29 is 0 Å². The monoisotopic (exact) mass is 257 g/mol. The molecule has 3 rings (SSSR count). The first-order valence-corrected chi connectivity index (χ1v) is 6.82. The van der Waals surface area contributed by atoms with Crippen LogP contribution in [-0.2, 0) is 13.5 Å². The van der Waals surface area contributed by atoms with E-state index in [4.69, 9.17) is 0 Å². The summed E-state index contributed by atoms with van der Waals surface area (Å²) in [5.41, 5.74) is 1.91. The molecule has 100 valence electrons. The van der Waals surface area contributed by atoms with Gasteiger partial charge in [0.2, 0.25) is 0 Å². The van der Waals surface area contributed by atoms with Crippen molar-refractivity contribution in [3.05, 3.63) is 30.5 Å². The maximum Gasteiger partial charge on any atom is 0.159 e. The minimum Gasteiger partial charge on any atom is -0.333 e. The maximum absolute atomic E-state index is 4.53. The predicted molar refractivity (Wildman–Crippen MR) is 73.5 cm³/mol. The van der Waals surface area contributed by atoms with E-state index in [2.05, 4.69) is 20.3 Å². The Morgan fingerprint density at radius 3 is 2.89 bits per heavy atom. The Kier molecular flexibility index (Phi) is 3.55. The number of piperidine rings is 1. The van der Waals surface area contributed by atoms with Gasteiger partial charge in [-0.05, 0) is 38.3 Å². The van der Waals surface area contributed by atoms with Gasteiger partial charge in [-0.1, -0.05) is 0 Å². The third-order valence-corrected chi connectivity index (χ3v) is 3.65. The maximum atomic E-state index is 4.53. The molecule has 1 aliphatic rings. The van der Waals surface area contributed by atoms with E-state index in [1.165, 1.54) is 12.8 Å². The molecule has 0 aliphatic carbocycles. The van der Waals surface area contributed by atoms with Crippen molar-refractivity contribution in [1.82, 2.24) is 24.8 Å². The number of aromatic nitrogens is 4. The molecule has 0 spiro atoms. The molecule has 0 saturated carbocycles. The third-order valence-electron chi connectivity index (χ3n) is 3.65. The zero-order valence-electron chi connectivity index (χ0n) is 11.2. The van der Waals surface area contributed by atoms with Gasteiger partial charge in [-0.15, -0.1) is 0 Å². The normalized spacial score (nSPS) is 19.5. The number of nitrogens with zero attached hydrogens (tertiary/aromatic N) is 4. The fourth-order valence-electron chi connectivity index (χ4n) is 2.58. The summed E-state index contributed by atoms with van der Waals surface area (Å²) in [5, 5.41) is 3.43. The summed E-state index contributed by atoms with van der Waals surface area (Å²) < 4.78 is 1.95. The second-order valence-corrected chi connectivity index (χ2v) is 5.17. The molecule has 1 atom stereocenters. The lowest BCUT2D eigenvalue weighted by atomic mass is 9.95. The molecular weight excluding hydrogens is 238 g/mol. The van der Waals surface area contributed by atoms with Crippen LogP contribution in [0.3, 0.4) is 0 Å². The smallest absolute Gasteiger partial charge is 0.159 e. The molecule has 2 aromatic rings. The highest BCUT2D eigenvalue weighted by Crippen LogP contribution is 2.16. The number of aryl methyl sites for hydroxylation is 1. The molecule has 5 heteroatoms. The Labute approximate surface area is 113 Å². The van der Waals surface area contributed by atoms with E-state index in [0.29, 0.717) is 5.92 Å². The summed E-state index contributed by atoms with van der Waals surface area (Å²) in [6.45, 7) is 2.25. The van der Waals surface area contributed by atoms with Crippen LogP contribution in [0.5, 0.6) is 0 Å². The Morgan fingerprint density at radius 2 is 2.26 bits per heavy atom. The minimum absolute atomic E-state index is 0.696. The number of rotatable bonds is 3. The fourth-order valence-corrected chi connectivity index (χ4v) is 2.58. The zero-order valence-corrected chi connectivity index (χ0v) is 11.2. The van der Waals surface area contributed by atoms with Gasteiger partial charge in [0, 0.05) is 25.6 Å². The number of imidazole rings is 1. The molecule has 2 aromatic heterocycles. The molecule has 1 aliphatic heterocycles. The standard InChI is InChI=1S/C14H19N5/c1-19-6-5-16-14(19)13-10-17-12(9-18-13)7-11-3-2-4-15-8-11/h5-6,9-11,15H,2-4,7-8H2,1H3. The lowest BCUT2D eigenvalue weighted by Gasteiger charge is -2.22. The predicted octanol–water partition coefficient (Wildman–Crippen LogP) is 1.42. The molecular formula is C14H19N5. The summed E-state index contributed by atoms with van der Waals surface area (Å²) >= 11 is 0. The first-order chi connectivity index (χ1) is 9.33. The third kappa shape index (κ3) is 2.81. The van der Waals surface area contributed by atoms with Crippen molar-refractivity contribution in [2.24, 2.45) is 13.0 Å². The first kappa shape index (κ1) is 12.3. The van der Waals surface area contributed by atoms with Crippen LogP contribution in [-0.4, -0.2) is 32.6 Å². The Balaban J connectivity index is 1.70. The molecule has 3 heterocycles. The number of hydrogen-bond acceptors (Lipinski definition) is 4. The van der Waals surface area contributed by atoms with Gasteiger partial charge < -0.3 is 9.88 Å². The van der Waals surface area contributed by atoms with Gasteiger partial charge in [0.05, 0.1) is 11.9 Å². The van der Waals surface area contributed by atoms with Crippen LogP contribution in [0, 0.1) is 5.92 Å². The molecule has 1 fully saturated rings. The van der Waals surface area contributed by atoms with Crippen LogP contribution in [0.15, 0.2) is 24.8 Å². The Morgan fingerprint density at radius 1 is 1.32 bits per heavy atom. The highest BCUT2D eigenvalue weighted by Gasteiger charge is 2.14. The van der Waals surface area contributed by atoms with E-state index in [9.17, 15) is 0 Å². The van der Waals surface area contributed by atoms with Crippen molar-refractivity contribution >= 4 is 0 Å². The van der Waals surface area contributed by atoms with E-state index >= 15 is 0 Å². The molecule has 1 N–H and O–H groups in total. The van der Waals surface area contributed by atoms with Gasteiger partial charge in [0.25, 0.3) is 0 Å².